The van der Waals surface area contributed by atoms with Crippen LogP contribution in [0.2, 0.25) is 0 Å². The molecule has 0 atom stereocenters. The van der Waals surface area contributed by atoms with Gasteiger partial charge in [-0.25, -0.2) is 13.6 Å². The molecule has 0 radical (unpaired) electrons. The van der Waals surface area contributed by atoms with Crippen molar-refractivity contribution < 1.29 is 13.2 Å². The number of nitrogens with zero attached hydrogens (tertiary/aromatic N) is 3. The number of ether oxygens (including phenoxy) is 1. The quantitative estimate of drug-likeness (QED) is 0.714. The molecule has 86 valence electrons. The van der Waals surface area contributed by atoms with E-state index in [-0.39, 0.29) is 5.16 Å². The molecule has 0 aliphatic carbocycles. The summed E-state index contributed by atoms with van der Waals surface area (Å²) < 4.78 is 28.6. The van der Waals surface area contributed by atoms with Gasteiger partial charge in [-0.15, -0.1) is 10.2 Å². The topological polar surface area (TPSA) is 100 Å². The lowest BCUT2D eigenvalue weighted by molar-refractivity contribution is 0.183. The van der Waals surface area contributed by atoms with Gasteiger partial charge in [0.1, 0.15) is 5.82 Å². The van der Waals surface area contributed by atoms with Crippen LogP contribution < -0.4 is 5.14 Å². The maximum atomic E-state index is 11.2. The van der Waals surface area contributed by atoms with Crippen LogP contribution in [0.1, 0.15) is 12.7 Å². The summed E-state index contributed by atoms with van der Waals surface area (Å²) in [6, 6.07) is 0. The van der Waals surface area contributed by atoms with Gasteiger partial charge in [-0.3, -0.25) is 4.57 Å². The lowest BCUT2D eigenvalue weighted by Crippen LogP contribution is -2.20. The number of methoxy groups -OCH3 is 1. The Morgan fingerprint density at radius 1 is 1.47 bits per heavy atom. The van der Waals surface area contributed by atoms with Crippen molar-refractivity contribution in [1.82, 2.24) is 14.8 Å². The molecule has 8 heteroatoms. The fraction of sp³-hybridized carbons (Fsp3) is 0.714. The summed E-state index contributed by atoms with van der Waals surface area (Å²) in [6.07, 6.45) is 0.590. The first-order chi connectivity index (χ1) is 7.00. The molecule has 0 amide bonds. The minimum Gasteiger partial charge on any atom is -0.383 e. The molecule has 15 heavy (non-hydrogen) atoms. The summed E-state index contributed by atoms with van der Waals surface area (Å²) in [7, 11) is -2.29. The number of sulfonamides is 1. The molecular formula is C7H14N4O3S. The summed E-state index contributed by atoms with van der Waals surface area (Å²) in [5.74, 6) is 0.580. The lowest BCUT2D eigenvalue weighted by atomic mass is 10.4. The fourth-order valence-electron chi connectivity index (χ4n) is 1.20. The minimum absolute atomic E-state index is 0.212. The van der Waals surface area contributed by atoms with Gasteiger partial charge < -0.3 is 4.74 Å². The van der Waals surface area contributed by atoms with Crippen LogP contribution in [-0.2, 0) is 27.7 Å². The van der Waals surface area contributed by atoms with Gasteiger partial charge in [-0.1, -0.05) is 6.92 Å². The number of aryl methyl sites for hydroxylation is 1. The van der Waals surface area contributed by atoms with Crippen molar-refractivity contribution in [2.75, 3.05) is 13.7 Å². The van der Waals surface area contributed by atoms with Crippen LogP contribution in [0.3, 0.4) is 0 Å². The Labute approximate surface area is 88.3 Å². The molecule has 0 saturated carbocycles. The van der Waals surface area contributed by atoms with E-state index in [0.29, 0.717) is 25.4 Å². The van der Waals surface area contributed by atoms with Crippen LogP contribution in [0.4, 0.5) is 0 Å². The third kappa shape index (κ3) is 2.74. The Morgan fingerprint density at radius 3 is 2.60 bits per heavy atom. The molecule has 0 bridgehead atoms. The van der Waals surface area contributed by atoms with Gasteiger partial charge in [0.05, 0.1) is 6.61 Å². The highest BCUT2D eigenvalue weighted by Gasteiger charge is 2.19. The van der Waals surface area contributed by atoms with Crippen LogP contribution in [-0.4, -0.2) is 36.9 Å². The molecule has 0 unspecified atom stereocenters. The number of aromatic nitrogens is 3. The van der Waals surface area contributed by atoms with Crippen molar-refractivity contribution in [3.63, 3.8) is 0 Å². The average molecular weight is 234 g/mol. The van der Waals surface area contributed by atoms with Gasteiger partial charge in [0.2, 0.25) is 0 Å². The number of rotatable bonds is 5. The molecule has 0 aromatic carbocycles. The molecule has 1 rings (SSSR count). The van der Waals surface area contributed by atoms with Crippen molar-refractivity contribution in [2.45, 2.75) is 25.0 Å². The Bertz CT molecular complexity index is 425. The molecule has 0 aliphatic rings. The first-order valence-corrected chi connectivity index (χ1v) is 5.99. The van der Waals surface area contributed by atoms with E-state index in [0.717, 1.165) is 0 Å². The minimum atomic E-state index is -3.82. The highest BCUT2D eigenvalue weighted by atomic mass is 32.2. The number of hydrogen-bond acceptors (Lipinski definition) is 5. The molecule has 1 aromatic heterocycles. The van der Waals surface area contributed by atoms with Crippen LogP contribution in [0.25, 0.3) is 0 Å². The van der Waals surface area contributed by atoms with Gasteiger partial charge in [0, 0.05) is 20.1 Å². The monoisotopic (exact) mass is 234 g/mol. The summed E-state index contributed by atoms with van der Waals surface area (Å²) in [4.78, 5) is 0. The first-order valence-electron chi connectivity index (χ1n) is 4.44. The van der Waals surface area contributed by atoms with Gasteiger partial charge in [-0.05, 0) is 0 Å². The van der Waals surface area contributed by atoms with Crippen LogP contribution in [0.15, 0.2) is 5.16 Å². The molecule has 7 nitrogen and oxygen atoms in total. The van der Waals surface area contributed by atoms with Gasteiger partial charge in [0.15, 0.2) is 0 Å². The maximum absolute atomic E-state index is 11.2. The first kappa shape index (κ1) is 12.1. The Kier molecular flexibility index (Phi) is 3.77. The van der Waals surface area contributed by atoms with E-state index in [4.69, 9.17) is 9.88 Å². The summed E-state index contributed by atoms with van der Waals surface area (Å²) >= 11 is 0. The second-order valence-electron chi connectivity index (χ2n) is 2.94. The van der Waals surface area contributed by atoms with E-state index in [9.17, 15) is 8.42 Å². The summed E-state index contributed by atoms with van der Waals surface area (Å²) in [5, 5.41) is 12.1. The molecule has 0 fully saturated rings. The van der Waals surface area contributed by atoms with E-state index in [1.54, 1.807) is 0 Å². The summed E-state index contributed by atoms with van der Waals surface area (Å²) in [5.41, 5.74) is 0. The zero-order valence-corrected chi connectivity index (χ0v) is 9.49. The zero-order chi connectivity index (χ0) is 11.5. The van der Waals surface area contributed by atoms with Crippen molar-refractivity contribution in [3.8, 4) is 0 Å². The Balaban J connectivity index is 3.12. The van der Waals surface area contributed by atoms with E-state index in [1.807, 2.05) is 6.92 Å². The Morgan fingerprint density at radius 2 is 2.13 bits per heavy atom. The number of hydrogen-bond donors (Lipinski definition) is 1. The maximum Gasteiger partial charge on any atom is 0.273 e. The van der Waals surface area contributed by atoms with Gasteiger partial charge in [0.25, 0.3) is 15.2 Å². The molecule has 1 aromatic rings. The van der Waals surface area contributed by atoms with Crippen molar-refractivity contribution >= 4 is 10.0 Å². The second kappa shape index (κ2) is 4.69. The third-order valence-electron chi connectivity index (χ3n) is 1.88. The van der Waals surface area contributed by atoms with Crippen LogP contribution in [0, 0.1) is 0 Å². The van der Waals surface area contributed by atoms with E-state index < -0.39 is 10.0 Å². The highest BCUT2D eigenvalue weighted by Crippen LogP contribution is 2.07. The normalized spacial score (nSPS) is 11.9. The highest BCUT2D eigenvalue weighted by molar-refractivity contribution is 7.89. The third-order valence-corrected chi connectivity index (χ3v) is 2.69. The molecular weight excluding hydrogens is 220 g/mol. The number of nitrogens with two attached hydrogens (primary N) is 1. The second-order valence-corrected chi connectivity index (χ2v) is 4.40. The van der Waals surface area contributed by atoms with Crippen molar-refractivity contribution in [1.29, 1.82) is 0 Å². The van der Waals surface area contributed by atoms with Crippen LogP contribution in [0.5, 0.6) is 0 Å². The standard InChI is InChI=1S/C7H14N4O3S/c1-3-6-9-10-7(15(8,12)13)11(6)4-5-14-2/h3-5H2,1-2H3,(H2,8,12,13). The molecule has 1 heterocycles. The molecule has 0 spiro atoms. The van der Waals surface area contributed by atoms with Gasteiger partial charge in [-0.2, -0.15) is 0 Å². The van der Waals surface area contributed by atoms with Crippen molar-refractivity contribution in [2.24, 2.45) is 5.14 Å². The van der Waals surface area contributed by atoms with Crippen molar-refractivity contribution in [3.05, 3.63) is 5.82 Å². The Hall–Kier alpha value is -0.990. The zero-order valence-electron chi connectivity index (χ0n) is 8.67. The van der Waals surface area contributed by atoms with E-state index in [1.165, 1.54) is 11.7 Å². The number of primary sulfonamides is 1. The molecule has 2 N–H and O–H groups in total. The van der Waals surface area contributed by atoms with Crippen LogP contribution >= 0.6 is 0 Å². The predicted octanol–water partition coefficient (Wildman–Crippen LogP) is -0.866. The largest absolute Gasteiger partial charge is 0.383 e. The summed E-state index contributed by atoms with van der Waals surface area (Å²) in [6.45, 7) is 2.62. The lowest BCUT2D eigenvalue weighted by Gasteiger charge is -2.06. The van der Waals surface area contributed by atoms with Gasteiger partial charge >= 0.3 is 0 Å². The SMILES string of the molecule is CCc1nnc(S(N)(=O)=O)n1CCOC. The van der Waals surface area contributed by atoms with E-state index >= 15 is 0 Å². The average Bonchev–Trinajstić information content (AvgIpc) is 2.56. The molecule has 0 aliphatic heterocycles. The molecule has 0 saturated heterocycles. The smallest absolute Gasteiger partial charge is 0.273 e. The fourth-order valence-corrected chi connectivity index (χ4v) is 1.86. The predicted molar refractivity (Wildman–Crippen MR) is 52.6 cm³/mol. The van der Waals surface area contributed by atoms with E-state index in [2.05, 4.69) is 10.2 Å².